The van der Waals surface area contributed by atoms with Gasteiger partial charge in [0.25, 0.3) is 0 Å². The summed E-state index contributed by atoms with van der Waals surface area (Å²) in [5, 5.41) is 41.7. The molecule has 0 amide bonds. The van der Waals surface area contributed by atoms with Gasteiger partial charge in [0.1, 0.15) is 0 Å². The van der Waals surface area contributed by atoms with E-state index in [0.29, 0.717) is 32.3 Å². The Morgan fingerprint density at radius 2 is 0.606 bits per heavy atom. The first-order valence-electron chi connectivity index (χ1n) is 9.35. The van der Waals surface area contributed by atoms with E-state index in [1.54, 1.807) is 0 Å². The van der Waals surface area contributed by atoms with E-state index in [1.165, 1.54) is 48.5 Å². The maximum atomic E-state index is 11.9. The standard InChI is InChI=1S/C24H12O8.Na/c25-21(26)13-5-1-9-10-2-6-15(23(29)30)20-16(24(31)32)8-4-12(18(10)20)11-3-7-14(22(27)28)19(13)17(9)11;/h1-8H,(H,25,26)(H,27,28)(H,29,30)(H,31,32);. The molecule has 0 spiro atoms. The first-order valence-corrected chi connectivity index (χ1v) is 9.35. The Kier molecular flexibility index (Phi) is 5.24. The molecular weight excluding hydrogens is 439 g/mol. The molecule has 0 unspecified atom stereocenters. The molecule has 1 radical (unpaired) electrons. The molecule has 0 aliphatic carbocycles. The van der Waals surface area contributed by atoms with Crippen LogP contribution in [0.5, 0.6) is 0 Å². The third kappa shape index (κ3) is 3.03. The molecule has 0 saturated heterocycles. The first-order chi connectivity index (χ1) is 15.2. The van der Waals surface area contributed by atoms with E-state index >= 15 is 0 Å². The normalized spacial score (nSPS) is 11.2. The summed E-state index contributed by atoms with van der Waals surface area (Å²) in [6, 6.07) is 11.4. The average molecular weight is 451 g/mol. The number of carboxylic acids is 4. The van der Waals surface area contributed by atoms with Crippen LogP contribution >= 0.6 is 0 Å². The van der Waals surface area contributed by atoms with E-state index in [0.717, 1.165) is 0 Å². The Morgan fingerprint density at radius 1 is 0.394 bits per heavy atom. The second kappa shape index (κ2) is 7.70. The van der Waals surface area contributed by atoms with Crippen molar-refractivity contribution in [2.24, 2.45) is 0 Å². The Labute approximate surface area is 206 Å². The minimum atomic E-state index is -1.28. The van der Waals surface area contributed by atoms with Crippen molar-refractivity contribution in [1.29, 1.82) is 0 Å². The molecule has 8 nitrogen and oxygen atoms in total. The third-order valence-corrected chi connectivity index (χ3v) is 5.82. The Balaban J connectivity index is 0.00000259. The number of aromatic carboxylic acids is 4. The molecule has 0 fully saturated rings. The van der Waals surface area contributed by atoms with Crippen molar-refractivity contribution < 1.29 is 39.6 Å². The molecule has 157 valence electrons. The summed E-state index contributed by atoms with van der Waals surface area (Å²) in [6.07, 6.45) is 0. The third-order valence-electron chi connectivity index (χ3n) is 5.82. The first kappa shape index (κ1) is 22.5. The Morgan fingerprint density at radius 3 is 0.788 bits per heavy atom. The van der Waals surface area contributed by atoms with Crippen molar-refractivity contribution in [1.82, 2.24) is 0 Å². The minimum absolute atomic E-state index is 0. The molecule has 4 N–H and O–H groups in total. The molecule has 0 heterocycles. The van der Waals surface area contributed by atoms with E-state index in [1.807, 2.05) is 0 Å². The molecular formula is C24H12NaO8. The van der Waals surface area contributed by atoms with Crippen LogP contribution in [0, 0.1) is 0 Å². The average Bonchev–Trinajstić information content (AvgIpc) is 2.75. The van der Waals surface area contributed by atoms with Gasteiger partial charge in [-0.3, -0.25) is 0 Å². The maximum absolute atomic E-state index is 11.9. The molecule has 33 heavy (non-hydrogen) atoms. The van der Waals surface area contributed by atoms with Gasteiger partial charge in [0.05, 0.1) is 22.3 Å². The van der Waals surface area contributed by atoms with Gasteiger partial charge in [-0.25, -0.2) is 19.2 Å². The molecule has 0 aliphatic rings. The minimum Gasteiger partial charge on any atom is -0.478 e. The molecule has 0 aliphatic heterocycles. The van der Waals surface area contributed by atoms with Gasteiger partial charge < -0.3 is 20.4 Å². The van der Waals surface area contributed by atoms with Crippen molar-refractivity contribution in [3.05, 3.63) is 70.8 Å². The summed E-state index contributed by atoms with van der Waals surface area (Å²) in [5.74, 6) is -5.13. The maximum Gasteiger partial charge on any atom is 0.336 e. The Hall–Kier alpha value is -3.72. The fraction of sp³-hybridized carbons (Fsp3) is 0. The van der Waals surface area contributed by atoms with Crippen molar-refractivity contribution in [3.63, 3.8) is 0 Å². The van der Waals surface area contributed by atoms with Gasteiger partial charge in [-0.1, -0.05) is 24.3 Å². The zero-order chi connectivity index (χ0) is 22.9. The zero-order valence-electron chi connectivity index (χ0n) is 17.0. The number of benzene rings is 5. The van der Waals surface area contributed by atoms with Crippen molar-refractivity contribution in [3.8, 4) is 0 Å². The second-order valence-corrected chi connectivity index (χ2v) is 7.36. The van der Waals surface area contributed by atoms with Crippen LogP contribution in [0.15, 0.2) is 48.5 Å². The van der Waals surface area contributed by atoms with Gasteiger partial charge in [0, 0.05) is 40.3 Å². The smallest absolute Gasteiger partial charge is 0.336 e. The predicted octanol–water partition coefficient (Wildman–Crippen LogP) is 4.15. The molecule has 0 saturated carbocycles. The van der Waals surface area contributed by atoms with Crippen LogP contribution < -0.4 is 0 Å². The van der Waals surface area contributed by atoms with Crippen LogP contribution in [-0.4, -0.2) is 73.9 Å². The summed E-state index contributed by atoms with van der Waals surface area (Å²) in [4.78, 5) is 47.5. The number of carboxylic acid groups (broad SMARTS) is 4. The zero-order valence-corrected chi connectivity index (χ0v) is 19.0. The summed E-state index contributed by atoms with van der Waals surface area (Å²) in [6.45, 7) is 0. The largest absolute Gasteiger partial charge is 0.478 e. The molecule has 0 atom stereocenters. The van der Waals surface area contributed by atoms with Gasteiger partial charge in [-0.2, -0.15) is 0 Å². The van der Waals surface area contributed by atoms with Gasteiger partial charge in [-0.15, -0.1) is 0 Å². The van der Waals surface area contributed by atoms with Crippen molar-refractivity contribution in [2.75, 3.05) is 0 Å². The SMILES string of the molecule is O=C(O)c1ccc2c3ccc(C(=O)O)c4c(C(=O)O)ccc(c5ccc(C(=O)O)c1c25)c43.[Na]. The van der Waals surface area contributed by atoms with Crippen LogP contribution in [0.4, 0.5) is 0 Å². The number of hydrogen-bond acceptors (Lipinski definition) is 4. The van der Waals surface area contributed by atoms with E-state index in [2.05, 4.69) is 0 Å². The van der Waals surface area contributed by atoms with E-state index in [4.69, 9.17) is 0 Å². The predicted molar refractivity (Wildman–Crippen MR) is 121 cm³/mol. The number of fused-ring (bicyclic) bond motifs is 2. The second-order valence-electron chi connectivity index (χ2n) is 7.36. The van der Waals surface area contributed by atoms with E-state index < -0.39 is 23.9 Å². The number of rotatable bonds is 4. The Bertz CT molecular complexity index is 1440. The van der Waals surface area contributed by atoms with Gasteiger partial charge >= 0.3 is 23.9 Å². The monoisotopic (exact) mass is 451 g/mol. The van der Waals surface area contributed by atoms with Crippen LogP contribution in [0.3, 0.4) is 0 Å². The van der Waals surface area contributed by atoms with Gasteiger partial charge in [-0.05, 0) is 56.6 Å². The molecule has 0 bridgehead atoms. The summed E-state index contributed by atoms with van der Waals surface area (Å²) in [5.41, 5.74) is -0.696. The van der Waals surface area contributed by atoms with Crippen LogP contribution in [-0.2, 0) is 0 Å². The quantitative estimate of drug-likeness (QED) is 0.181. The van der Waals surface area contributed by atoms with Crippen LogP contribution in [0.1, 0.15) is 41.4 Å². The topological polar surface area (TPSA) is 149 Å². The molecule has 9 heteroatoms. The number of hydrogen-bond donors (Lipinski definition) is 4. The van der Waals surface area contributed by atoms with Crippen molar-refractivity contribution in [2.45, 2.75) is 0 Å². The van der Waals surface area contributed by atoms with E-state index in [9.17, 15) is 39.6 Å². The van der Waals surface area contributed by atoms with E-state index in [-0.39, 0.29) is 62.6 Å². The van der Waals surface area contributed by atoms with Crippen LogP contribution in [0.25, 0.3) is 43.1 Å². The molecule has 5 aromatic carbocycles. The van der Waals surface area contributed by atoms with Gasteiger partial charge in [0.15, 0.2) is 0 Å². The molecule has 0 aromatic heterocycles. The van der Waals surface area contributed by atoms with Crippen molar-refractivity contribution >= 4 is 96.5 Å². The van der Waals surface area contributed by atoms with Crippen LogP contribution in [0.2, 0.25) is 0 Å². The summed E-state index contributed by atoms with van der Waals surface area (Å²) in [7, 11) is 0. The summed E-state index contributed by atoms with van der Waals surface area (Å²) >= 11 is 0. The fourth-order valence-electron chi connectivity index (χ4n) is 4.60. The summed E-state index contributed by atoms with van der Waals surface area (Å²) < 4.78 is 0. The molecule has 5 aromatic rings. The van der Waals surface area contributed by atoms with Gasteiger partial charge in [0.2, 0.25) is 0 Å². The molecule has 5 rings (SSSR count). The number of carbonyl (C=O) groups is 4. The fourth-order valence-corrected chi connectivity index (χ4v) is 4.60.